The Labute approximate surface area is 125 Å². The number of hydrogen-bond acceptors (Lipinski definition) is 1. The quantitative estimate of drug-likeness (QED) is 0.849. The normalized spacial score (nSPS) is 17.8. The molecule has 0 spiro atoms. The van der Waals surface area contributed by atoms with Gasteiger partial charge in [-0.25, -0.2) is 4.39 Å². The lowest BCUT2D eigenvalue weighted by Gasteiger charge is -2.12. The van der Waals surface area contributed by atoms with Gasteiger partial charge >= 0.3 is 0 Å². The number of aryl methyl sites for hydroxylation is 1. The van der Waals surface area contributed by atoms with E-state index in [1.807, 2.05) is 24.3 Å². The highest BCUT2D eigenvalue weighted by molar-refractivity contribution is 5.85. The monoisotopic (exact) mass is 291 g/mol. The Balaban J connectivity index is 0.00000147. The predicted octanol–water partition coefficient (Wildman–Crippen LogP) is 4.65. The number of benzene rings is 2. The maximum Gasteiger partial charge on any atom is 0.133 e. The first-order valence-electron chi connectivity index (χ1n) is 6.84. The molecule has 1 nitrogen and oxygen atoms in total. The van der Waals surface area contributed by atoms with Crippen molar-refractivity contribution in [3.63, 3.8) is 0 Å². The molecule has 0 bridgehead atoms. The van der Waals surface area contributed by atoms with E-state index in [2.05, 4.69) is 17.4 Å². The van der Waals surface area contributed by atoms with Gasteiger partial charge in [-0.3, -0.25) is 0 Å². The van der Waals surface area contributed by atoms with Crippen molar-refractivity contribution >= 4 is 12.4 Å². The molecule has 2 aromatic carbocycles. The van der Waals surface area contributed by atoms with Crippen molar-refractivity contribution in [1.82, 2.24) is 5.32 Å². The van der Waals surface area contributed by atoms with Crippen molar-refractivity contribution in [3.05, 3.63) is 59.4 Å². The third kappa shape index (κ3) is 2.87. The van der Waals surface area contributed by atoms with Crippen LogP contribution < -0.4 is 5.32 Å². The third-order valence-corrected chi connectivity index (χ3v) is 3.88. The summed E-state index contributed by atoms with van der Waals surface area (Å²) in [5.74, 6) is -0.116. The highest BCUT2D eigenvalue weighted by Gasteiger charge is 2.16. The minimum absolute atomic E-state index is 0. The maximum atomic E-state index is 14.1. The average molecular weight is 292 g/mol. The minimum Gasteiger partial charge on any atom is -0.310 e. The zero-order chi connectivity index (χ0) is 13.2. The minimum atomic E-state index is -0.116. The van der Waals surface area contributed by atoms with Gasteiger partial charge in [0.2, 0.25) is 0 Å². The zero-order valence-corrected chi connectivity index (χ0v) is 12.3. The summed E-state index contributed by atoms with van der Waals surface area (Å²) in [5.41, 5.74) is 3.63. The van der Waals surface area contributed by atoms with Gasteiger partial charge in [-0.15, -0.1) is 12.4 Å². The van der Waals surface area contributed by atoms with Crippen LogP contribution >= 0.6 is 12.4 Å². The second-order valence-electron chi connectivity index (χ2n) is 5.21. The summed E-state index contributed by atoms with van der Waals surface area (Å²) in [6, 6.07) is 14.3. The van der Waals surface area contributed by atoms with Crippen LogP contribution in [0.15, 0.2) is 42.5 Å². The van der Waals surface area contributed by atoms with E-state index in [-0.39, 0.29) is 18.2 Å². The van der Waals surface area contributed by atoms with Crippen LogP contribution in [0.3, 0.4) is 0 Å². The van der Waals surface area contributed by atoms with Crippen molar-refractivity contribution in [1.29, 1.82) is 0 Å². The summed E-state index contributed by atoms with van der Waals surface area (Å²) in [5, 5.41) is 3.48. The van der Waals surface area contributed by atoms with E-state index in [0.717, 1.165) is 12.1 Å². The van der Waals surface area contributed by atoms with E-state index in [0.29, 0.717) is 17.2 Å². The highest BCUT2D eigenvalue weighted by atomic mass is 35.5. The molecular weight excluding hydrogens is 273 g/mol. The average Bonchev–Trinajstić information content (AvgIpc) is 2.96. The van der Waals surface area contributed by atoms with Crippen molar-refractivity contribution < 1.29 is 4.39 Å². The highest BCUT2D eigenvalue weighted by Crippen LogP contribution is 2.28. The first kappa shape index (κ1) is 15.0. The Hall–Kier alpha value is -1.38. The Bertz CT molecular complexity index is 574. The van der Waals surface area contributed by atoms with Crippen LogP contribution in [0.1, 0.15) is 30.0 Å². The largest absolute Gasteiger partial charge is 0.310 e. The summed E-state index contributed by atoms with van der Waals surface area (Å²) in [6.07, 6.45) is 2.43. The lowest BCUT2D eigenvalue weighted by molar-refractivity contribution is 0.622. The third-order valence-electron chi connectivity index (χ3n) is 3.88. The van der Waals surface area contributed by atoms with E-state index in [4.69, 9.17) is 0 Å². The van der Waals surface area contributed by atoms with E-state index < -0.39 is 0 Å². The van der Waals surface area contributed by atoms with Crippen LogP contribution in [0.4, 0.5) is 4.39 Å². The van der Waals surface area contributed by atoms with Gasteiger partial charge in [0.15, 0.2) is 0 Å². The molecule has 106 valence electrons. The summed E-state index contributed by atoms with van der Waals surface area (Å²) >= 11 is 0. The van der Waals surface area contributed by atoms with Gasteiger partial charge in [-0.05, 0) is 43.0 Å². The molecule has 2 aromatic rings. The van der Waals surface area contributed by atoms with E-state index in [9.17, 15) is 4.39 Å². The summed E-state index contributed by atoms with van der Waals surface area (Å²) in [4.78, 5) is 0. The number of nitrogens with one attached hydrogen (secondary N) is 1. The first-order chi connectivity index (χ1) is 9.25. The molecule has 1 N–H and O–H groups in total. The second kappa shape index (κ2) is 6.38. The van der Waals surface area contributed by atoms with Crippen molar-refractivity contribution in [2.45, 2.75) is 25.8 Å². The molecule has 1 aliphatic heterocycles. The van der Waals surface area contributed by atoms with Crippen molar-refractivity contribution in [2.24, 2.45) is 0 Å². The van der Waals surface area contributed by atoms with Crippen molar-refractivity contribution in [3.8, 4) is 11.1 Å². The van der Waals surface area contributed by atoms with Gasteiger partial charge in [0.05, 0.1) is 0 Å². The molecule has 0 aromatic heterocycles. The van der Waals surface area contributed by atoms with Crippen LogP contribution in [0, 0.1) is 12.7 Å². The molecule has 20 heavy (non-hydrogen) atoms. The topological polar surface area (TPSA) is 12.0 Å². The smallest absolute Gasteiger partial charge is 0.133 e. The maximum absolute atomic E-state index is 14.1. The Morgan fingerprint density at radius 2 is 1.85 bits per heavy atom. The fourth-order valence-electron chi connectivity index (χ4n) is 2.73. The number of rotatable bonds is 2. The van der Waals surface area contributed by atoms with Gasteiger partial charge in [0.25, 0.3) is 0 Å². The first-order valence-corrected chi connectivity index (χ1v) is 6.84. The van der Waals surface area contributed by atoms with Crippen LogP contribution in [0.5, 0.6) is 0 Å². The Morgan fingerprint density at radius 1 is 1.10 bits per heavy atom. The molecule has 1 atom stereocenters. The fraction of sp³-hybridized carbons (Fsp3) is 0.294. The van der Waals surface area contributed by atoms with E-state index >= 15 is 0 Å². The lowest BCUT2D eigenvalue weighted by Crippen LogP contribution is -2.12. The van der Waals surface area contributed by atoms with Crippen molar-refractivity contribution in [2.75, 3.05) is 6.54 Å². The fourth-order valence-corrected chi connectivity index (χ4v) is 2.73. The predicted molar refractivity (Wildman–Crippen MR) is 83.8 cm³/mol. The van der Waals surface area contributed by atoms with Gasteiger partial charge in [0.1, 0.15) is 5.82 Å². The molecule has 1 heterocycles. The Kier molecular flexibility index (Phi) is 4.79. The number of hydrogen-bond donors (Lipinski definition) is 1. The zero-order valence-electron chi connectivity index (χ0n) is 11.5. The molecule has 3 rings (SSSR count). The summed E-state index contributed by atoms with van der Waals surface area (Å²) in [6.45, 7) is 2.90. The second-order valence-corrected chi connectivity index (χ2v) is 5.21. The van der Waals surface area contributed by atoms with Crippen LogP contribution in [0.2, 0.25) is 0 Å². The summed E-state index contributed by atoms with van der Waals surface area (Å²) in [7, 11) is 0. The van der Waals surface area contributed by atoms with Gasteiger partial charge in [-0.2, -0.15) is 0 Å². The van der Waals surface area contributed by atoms with E-state index in [1.54, 1.807) is 13.0 Å². The van der Waals surface area contributed by atoms with Crippen LogP contribution in [-0.4, -0.2) is 6.54 Å². The molecule has 1 saturated heterocycles. The van der Waals surface area contributed by atoms with Gasteiger partial charge < -0.3 is 5.32 Å². The lowest BCUT2D eigenvalue weighted by atomic mass is 9.98. The van der Waals surface area contributed by atoms with Crippen LogP contribution in [-0.2, 0) is 0 Å². The summed E-state index contributed by atoms with van der Waals surface area (Å²) < 4.78 is 14.1. The molecule has 1 unspecified atom stereocenters. The standard InChI is InChI=1S/C17H18FN.ClH/c1-12-4-2-5-15(17(12)18)13-7-9-14(10-8-13)16-6-3-11-19-16;/h2,4-5,7-10,16,19H,3,6,11H2,1H3;1H. The van der Waals surface area contributed by atoms with Gasteiger partial charge in [-0.1, -0.05) is 42.5 Å². The molecule has 0 radical (unpaired) electrons. The van der Waals surface area contributed by atoms with E-state index in [1.165, 1.54) is 18.4 Å². The molecule has 1 fully saturated rings. The number of halogens is 2. The molecule has 1 aliphatic rings. The molecule has 0 aliphatic carbocycles. The molecular formula is C17H19ClFN. The molecule has 0 saturated carbocycles. The van der Waals surface area contributed by atoms with Gasteiger partial charge in [0, 0.05) is 11.6 Å². The Morgan fingerprint density at radius 3 is 2.50 bits per heavy atom. The molecule has 3 heteroatoms. The molecule has 0 amide bonds. The van der Waals surface area contributed by atoms with Crippen LogP contribution in [0.25, 0.3) is 11.1 Å². The SMILES string of the molecule is Cc1cccc(-c2ccc(C3CCCN3)cc2)c1F.Cl.